The van der Waals surface area contributed by atoms with Gasteiger partial charge < -0.3 is 9.47 Å². The molecule has 2 heterocycles. The summed E-state index contributed by atoms with van der Waals surface area (Å²) in [4.78, 5) is 2.47. The minimum atomic E-state index is -0.521. The summed E-state index contributed by atoms with van der Waals surface area (Å²) in [6.07, 6.45) is 0. The summed E-state index contributed by atoms with van der Waals surface area (Å²) in [5, 5.41) is 5.15. The zero-order valence-corrected chi connectivity index (χ0v) is 39.0. The summed E-state index contributed by atoms with van der Waals surface area (Å²) >= 11 is 1.86. The van der Waals surface area contributed by atoms with Gasteiger partial charge in [0.2, 0.25) is 0 Å². The number of aromatic nitrogens is 1. The van der Waals surface area contributed by atoms with Gasteiger partial charge in [-0.1, -0.05) is 188 Å². The fourth-order valence-electron chi connectivity index (χ4n) is 11.6. The van der Waals surface area contributed by atoms with Gasteiger partial charge in [-0.2, -0.15) is 0 Å². The Hall–Kier alpha value is -8.76. The molecule has 328 valence electrons. The lowest BCUT2D eigenvalue weighted by atomic mass is 9.68. The van der Waals surface area contributed by atoms with Gasteiger partial charge in [0.25, 0.3) is 0 Å². The number of fused-ring (bicyclic) bond motifs is 9. The molecule has 0 spiro atoms. The van der Waals surface area contributed by atoms with Crippen LogP contribution in [0.1, 0.15) is 22.3 Å². The van der Waals surface area contributed by atoms with Crippen molar-refractivity contribution < 1.29 is 0 Å². The summed E-state index contributed by atoms with van der Waals surface area (Å²) in [6, 6.07) is 98.6. The summed E-state index contributed by atoms with van der Waals surface area (Å²) in [5.41, 5.74) is 18.6. The van der Waals surface area contributed by atoms with E-state index in [4.69, 9.17) is 0 Å². The van der Waals surface area contributed by atoms with Gasteiger partial charge in [0.15, 0.2) is 0 Å². The van der Waals surface area contributed by atoms with Crippen molar-refractivity contribution in [2.45, 2.75) is 5.41 Å². The molecule has 11 aromatic carbocycles. The van der Waals surface area contributed by atoms with E-state index < -0.39 is 5.41 Å². The number of hydrogen-bond acceptors (Lipinski definition) is 2. The Bertz CT molecular complexity index is 4020. The first-order valence-electron chi connectivity index (χ1n) is 24.1. The van der Waals surface area contributed by atoms with E-state index in [0.717, 1.165) is 22.7 Å². The topological polar surface area (TPSA) is 8.17 Å². The lowest BCUT2D eigenvalue weighted by Crippen LogP contribution is -2.28. The SMILES string of the molecule is c1ccc(C2(c3ccccc3)c3ccccc3-c3c(N(c4ccc(-c5cccc(-c6ccc7sc8ccccc8c7c6)c5)cc4)c4ccc(-n5c6ccccc6c6ccccc65)cc4)cccc32)cc1. The molecule has 0 atom stereocenters. The Labute approximate surface area is 411 Å². The molecule has 3 heteroatoms. The van der Waals surface area contributed by atoms with Gasteiger partial charge in [-0.15, -0.1) is 11.3 Å². The third-order valence-electron chi connectivity index (χ3n) is 14.7. The highest BCUT2D eigenvalue weighted by atomic mass is 32.1. The maximum atomic E-state index is 2.47. The van der Waals surface area contributed by atoms with Crippen LogP contribution in [0.4, 0.5) is 17.1 Å². The summed E-state index contributed by atoms with van der Waals surface area (Å²) in [7, 11) is 0. The van der Waals surface area contributed by atoms with Crippen LogP contribution in [0.3, 0.4) is 0 Å². The highest BCUT2D eigenvalue weighted by molar-refractivity contribution is 7.25. The van der Waals surface area contributed by atoms with Crippen LogP contribution in [0.15, 0.2) is 267 Å². The van der Waals surface area contributed by atoms with Gasteiger partial charge in [-0.3, -0.25) is 0 Å². The third kappa shape index (κ3) is 6.19. The zero-order chi connectivity index (χ0) is 46.2. The predicted molar refractivity (Wildman–Crippen MR) is 297 cm³/mol. The third-order valence-corrected chi connectivity index (χ3v) is 15.8. The van der Waals surface area contributed by atoms with Gasteiger partial charge in [0, 0.05) is 53.6 Å². The molecule has 1 aliphatic carbocycles. The number of benzene rings is 11. The quantitative estimate of drug-likeness (QED) is 0.147. The Balaban J connectivity index is 0.934. The molecule has 2 nitrogen and oxygen atoms in total. The van der Waals surface area contributed by atoms with Crippen molar-refractivity contribution in [2.75, 3.05) is 4.90 Å². The number of hydrogen-bond donors (Lipinski definition) is 0. The molecule has 0 bridgehead atoms. The molecule has 0 unspecified atom stereocenters. The van der Waals surface area contributed by atoms with Crippen LogP contribution < -0.4 is 4.90 Å². The van der Waals surface area contributed by atoms with Crippen LogP contribution in [0.25, 0.3) is 81.0 Å². The minimum absolute atomic E-state index is 0.521. The van der Waals surface area contributed by atoms with Gasteiger partial charge in [-0.25, -0.2) is 0 Å². The van der Waals surface area contributed by atoms with E-state index in [2.05, 4.69) is 276 Å². The fourth-order valence-corrected chi connectivity index (χ4v) is 12.7. The molecular weight excluding hydrogens is 865 g/mol. The van der Waals surface area contributed by atoms with Crippen LogP contribution in [0.2, 0.25) is 0 Å². The Morgan fingerprint density at radius 3 is 1.56 bits per heavy atom. The van der Waals surface area contributed by atoms with Crippen LogP contribution in [-0.4, -0.2) is 4.57 Å². The second kappa shape index (κ2) is 16.2. The van der Waals surface area contributed by atoms with Gasteiger partial charge in [0.1, 0.15) is 0 Å². The first kappa shape index (κ1) is 40.3. The summed E-state index contributed by atoms with van der Waals surface area (Å²) < 4.78 is 5.04. The molecule has 70 heavy (non-hydrogen) atoms. The lowest BCUT2D eigenvalue weighted by Gasteiger charge is -2.34. The zero-order valence-electron chi connectivity index (χ0n) is 38.2. The molecule has 1 aliphatic rings. The van der Waals surface area contributed by atoms with Crippen molar-refractivity contribution in [3.8, 4) is 39.1 Å². The van der Waals surface area contributed by atoms with Crippen molar-refractivity contribution in [1.82, 2.24) is 4.57 Å². The van der Waals surface area contributed by atoms with Gasteiger partial charge >= 0.3 is 0 Å². The Morgan fingerprint density at radius 2 is 0.857 bits per heavy atom. The van der Waals surface area contributed by atoms with E-state index in [1.54, 1.807) is 0 Å². The molecule has 13 aromatic rings. The normalized spacial score (nSPS) is 12.7. The number of nitrogens with zero attached hydrogens (tertiary/aromatic N) is 2. The van der Waals surface area contributed by atoms with E-state index >= 15 is 0 Å². The molecule has 0 saturated carbocycles. The molecular formula is C67H44N2S. The van der Waals surface area contributed by atoms with Crippen molar-refractivity contribution in [2.24, 2.45) is 0 Å². The smallest absolute Gasteiger partial charge is 0.0714 e. The largest absolute Gasteiger partial charge is 0.310 e. The van der Waals surface area contributed by atoms with Gasteiger partial charge in [0.05, 0.1) is 22.1 Å². The standard InChI is InChI=1S/C67H44N2S/c1-3-19-49(20-4-1)67(50-21-5-2-6-22-50)59-27-11-7-26-57(59)66-60(67)28-16-31-63(66)68(52-38-40-53(41-39-52)69-61-29-12-8-23-54(61)55-24-9-13-30-62(55)69)51-36-33-45(34-37-51)46-17-15-18-47(43-46)48-35-42-65-58(44-48)56-25-10-14-32-64(56)70-65/h1-44H. The van der Waals surface area contributed by atoms with E-state index in [0.29, 0.717) is 0 Å². The highest BCUT2D eigenvalue weighted by Crippen LogP contribution is 2.59. The van der Waals surface area contributed by atoms with Crippen molar-refractivity contribution >= 4 is 70.4 Å². The average molecular weight is 909 g/mol. The monoisotopic (exact) mass is 908 g/mol. The number of rotatable bonds is 8. The predicted octanol–water partition coefficient (Wildman–Crippen LogP) is 18.3. The Kier molecular flexibility index (Phi) is 9.33. The highest BCUT2D eigenvalue weighted by Gasteiger charge is 2.47. The van der Waals surface area contributed by atoms with Crippen LogP contribution >= 0.6 is 11.3 Å². The number of para-hydroxylation sites is 2. The molecule has 0 N–H and O–H groups in total. The molecule has 2 aromatic heterocycles. The van der Waals surface area contributed by atoms with E-state index in [1.807, 2.05) is 11.3 Å². The molecule has 14 rings (SSSR count). The van der Waals surface area contributed by atoms with Crippen molar-refractivity contribution in [3.63, 3.8) is 0 Å². The average Bonchev–Trinajstić information content (AvgIpc) is 4.09. The summed E-state index contributed by atoms with van der Waals surface area (Å²) in [5.74, 6) is 0. The number of thiophene rings is 1. The summed E-state index contributed by atoms with van der Waals surface area (Å²) in [6.45, 7) is 0. The van der Waals surface area contributed by atoms with Crippen molar-refractivity contribution in [1.29, 1.82) is 0 Å². The van der Waals surface area contributed by atoms with Crippen LogP contribution in [-0.2, 0) is 5.41 Å². The first-order chi connectivity index (χ1) is 34.7. The fraction of sp³-hybridized carbons (Fsp3) is 0.0149. The minimum Gasteiger partial charge on any atom is -0.310 e. The van der Waals surface area contributed by atoms with E-state index in [1.165, 1.54) is 97.6 Å². The molecule has 0 aliphatic heterocycles. The number of anilines is 3. The lowest BCUT2D eigenvalue weighted by molar-refractivity contribution is 0.768. The molecule has 0 amide bonds. The maximum absolute atomic E-state index is 2.47. The van der Waals surface area contributed by atoms with Crippen LogP contribution in [0.5, 0.6) is 0 Å². The molecule has 0 saturated heterocycles. The van der Waals surface area contributed by atoms with Gasteiger partial charge in [-0.05, 0) is 129 Å². The van der Waals surface area contributed by atoms with Crippen molar-refractivity contribution in [3.05, 3.63) is 289 Å². The molecule has 0 radical (unpaired) electrons. The second-order valence-electron chi connectivity index (χ2n) is 18.4. The maximum Gasteiger partial charge on any atom is 0.0714 e. The van der Waals surface area contributed by atoms with E-state index in [-0.39, 0.29) is 0 Å². The molecule has 0 fully saturated rings. The second-order valence-corrected chi connectivity index (χ2v) is 19.5. The first-order valence-corrected chi connectivity index (χ1v) is 24.9. The van der Waals surface area contributed by atoms with E-state index in [9.17, 15) is 0 Å². The van der Waals surface area contributed by atoms with Crippen LogP contribution in [0, 0.1) is 0 Å². The Morgan fingerprint density at radius 1 is 0.343 bits per heavy atom.